The van der Waals surface area contributed by atoms with Gasteiger partial charge in [0.05, 0.1) is 16.6 Å². The Hall–Kier alpha value is -1.32. The smallest absolute Gasteiger partial charge is 0.0574 e. The zero-order chi connectivity index (χ0) is 12.3. The number of nitrogen functional groups attached to an aromatic ring is 1. The van der Waals surface area contributed by atoms with Crippen LogP contribution in [0.1, 0.15) is 5.56 Å². The number of benzene rings is 2. The SMILES string of the molecule is Nc1ccc(CS(=O)c2ccc(Cl)cc2)cc1. The fraction of sp³-hybridized carbons (Fsp3) is 0.0769. The van der Waals surface area contributed by atoms with Gasteiger partial charge in [0.15, 0.2) is 0 Å². The van der Waals surface area contributed by atoms with Gasteiger partial charge in [-0.05, 0) is 42.0 Å². The van der Waals surface area contributed by atoms with Crippen molar-refractivity contribution in [3.63, 3.8) is 0 Å². The van der Waals surface area contributed by atoms with Crippen LogP contribution in [0, 0.1) is 0 Å². The van der Waals surface area contributed by atoms with E-state index in [1.807, 2.05) is 24.3 Å². The van der Waals surface area contributed by atoms with Crippen molar-refractivity contribution in [2.24, 2.45) is 0 Å². The molecule has 0 amide bonds. The first-order valence-electron chi connectivity index (χ1n) is 5.13. The molecule has 0 aliphatic heterocycles. The Morgan fingerprint density at radius 3 is 2.18 bits per heavy atom. The van der Waals surface area contributed by atoms with Crippen molar-refractivity contribution in [3.8, 4) is 0 Å². The molecule has 2 N–H and O–H groups in total. The van der Waals surface area contributed by atoms with E-state index in [-0.39, 0.29) is 0 Å². The van der Waals surface area contributed by atoms with Crippen LogP contribution in [0.25, 0.3) is 0 Å². The largest absolute Gasteiger partial charge is 0.399 e. The summed E-state index contributed by atoms with van der Waals surface area (Å²) in [5.74, 6) is 0.488. The van der Waals surface area contributed by atoms with Gasteiger partial charge in [0.1, 0.15) is 0 Å². The van der Waals surface area contributed by atoms with Crippen molar-refractivity contribution in [1.29, 1.82) is 0 Å². The summed E-state index contributed by atoms with van der Waals surface area (Å²) >= 11 is 5.78. The summed E-state index contributed by atoms with van der Waals surface area (Å²) in [6.07, 6.45) is 0. The molecule has 0 heterocycles. The topological polar surface area (TPSA) is 43.1 Å². The van der Waals surface area contributed by atoms with Crippen LogP contribution in [0.15, 0.2) is 53.4 Å². The lowest BCUT2D eigenvalue weighted by molar-refractivity contribution is 0.682. The number of halogens is 1. The minimum absolute atomic E-state index is 0.488. The van der Waals surface area contributed by atoms with E-state index in [1.54, 1.807) is 24.3 Å². The number of rotatable bonds is 3. The lowest BCUT2D eigenvalue weighted by Crippen LogP contribution is -1.96. The van der Waals surface area contributed by atoms with Crippen LogP contribution in [0.4, 0.5) is 5.69 Å². The third kappa shape index (κ3) is 3.32. The third-order valence-corrected chi connectivity index (χ3v) is 4.00. The Morgan fingerprint density at radius 2 is 1.59 bits per heavy atom. The molecule has 2 rings (SSSR count). The second-order valence-corrected chi connectivity index (χ2v) is 5.57. The highest BCUT2D eigenvalue weighted by Gasteiger charge is 2.04. The lowest BCUT2D eigenvalue weighted by Gasteiger charge is -2.03. The maximum Gasteiger partial charge on any atom is 0.0574 e. The van der Waals surface area contributed by atoms with Gasteiger partial charge in [0, 0.05) is 15.6 Å². The molecule has 0 bridgehead atoms. The van der Waals surface area contributed by atoms with Gasteiger partial charge in [0.25, 0.3) is 0 Å². The van der Waals surface area contributed by atoms with Crippen LogP contribution in [-0.4, -0.2) is 4.21 Å². The molecule has 2 aromatic carbocycles. The zero-order valence-corrected chi connectivity index (χ0v) is 10.7. The van der Waals surface area contributed by atoms with Crippen LogP contribution in [-0.2, 0) is 16.6 Å². The van der Waals surface area contributed by atoms with Gasteiger partial charge in [-0.25, -0.2) is 0 Å². The highest BCUT2D eigenvalue weighted by molar-refractivity contribution is 7.84. The van der Waals surface area contributed by atoms with E-state index >= 15 is 0 Å². The molecule has 0 aliphatic carbocycles. The van der Waals surface area contributed by atoms with Gasteiger partial charge in [-0.2, -0.15) is 0 Å². The van der Waals surface area contributed by atoms with Crippen molar-refractivity contribution in [2.45, 2.75) is 10.6 Å². The van der Waals surface area contributed by atoms with Crippen molar-refractivity contribution < 1.29 is 4.21 Å². The fourth-order valence-electron chi connectivity index (χ4n) is 1.43. The molecule has 0 spiro atoms. The van der Waals surface area contributed by atoms with Crippen molar-refractivity contribution in [2.75, 3.05) is 5.73 Å². The summed E-state index contributed by atoms with van der Waals surface area (Å²) in [4.78, 5) is 0.784. The van der Waals surface area contributed by atoms with E-state index < -0.39 is 10.8 Å². The standard InChI is InChI=1S/C13H12ClNOS/c14-11-3-7-13(8-4-11)17(16)9-10-1-5-12(15)6-2-10/h1-8H,9,15H2. The number of anilines is 1. The molecule has 17 heavy (non-hydrogen) atoms. The first-order valence-corrected chi connectivity index (χ1v) is 6.83. The van der Waals surface area contributed by atoms with E-state index in [4.69, 9.17) is 17.3 Å². The lowest BCUT2D eigenvalue weighted by atomic mass is 10.2. The van der Waals surface area contributed by atoms with Gasteiger partial charge in [-0.3, -0.25) is 4.21 Å². The molecule has 2 aromatic rings. The molecule has 2 nitrogen and oxygen atoms in total. The average Bonchev–Trinajstić information content (AvgIpc) is 2.33. The van der Waals surface area contributed by atoms with Crippen molar-refractivity contribution in [1.82, 2.24) is 0 Å². The van der Waals surface area contributed by atoms with Gasteiger partial charge >= 0.3 is 0 Å². The predicted molar refractivity (Wildman–Crippen MR) is 72.4 cm³/mol. The molecule has 0 fully saturated rings. The fourth-order valence-corrected chi connectivity index (χ4v) is 2.66. The highest BCUT2D eigenvalue weighted by atomic mass is 35.5. The molecule has 0 radical (unpaired) electrons. The molecule has 1 atom stereocenters. The Labute approximate surface area is 108 Å². The van der Waals surface area contributed by atoms with Crippen LogP contribution in [0.5, 0.6) is 0 Å². The van der Waals surface area contributed by atoms with E-state index in [9.17, 15) is 4.21 Å². The van der Waals surface area contributed by atoms with E-state index in [2.05, 4.69) is 0 Å². The summed E-state index contributed by atoms with van der Waals surface area (Å²) < 4.78 is 12.0. The van der Waals surface area contributed by atoms with Crippen LogP contribution in [0.3, 0.4) is 0 Å². The molecule has 0 saturated heterocycles. The molecule has 0 aromatic heterocycles. The van der Waals surface area contributed by atoms with Gasteiger partial charge in [0.2, 0.25) is 0 Å². The Kier molecular flexibility index (Phi) is 3.82. The normalized spacial score (nSPS) is 12.3. The number of hydrogen-bond acceptors (Lipinski definition) is 2. The third-order valence-electron chi connectivity index (χ3n) is 2.35. The van der Waals surface area contributed by atoms with E-state index in [0.717, 1.165) is 10.5 Å². The maximum absolute atomic E-state index is 12.0. The summed E-state index contributed by atoms with van der Waals surface area (Å²) in [6, 6.07) is 14.5. The summed E-state index contributed by atoms with van der Waals surface area (Å²) in [5, 5.41) is 0.651. The molecule has 4 heteroatoms. The minimum atomic E-state index is -1.05. The summed E-state index contributed by atoms with van der Waals surface area (Å²) in [7, 11) is -1.05. The van der Waals surface area contributed by atoms with Gasteiger partial charge in [-0.15, -0.1) is 0 Å². The monoisotopic (exact) mass is 265 g/mol. The zero-order valence-electron chi connectivity index (χ0n) is 9.10. The predicted octanol–water partition coefficient (Wildman–Crippen LogP) is 3.23. The van der Waals surface area contributed by atoms with Crippen molar-refractivity contribution in [3.05, 3.63) is 59.1 Å². The van der Waals surface area contributed by atoms with Crippen LogP contribution in [0.2, 0.25) is 5.02 Å². The quantitative estimate of drug-likeness (QED) is 0.866. The highest BCUT2D eigenvalue weighted by Crippen LogP contribution is 2.16. The first-order chi connectivity index (χ1) is 8.15. The summed E-state index contributed by atoms with van der Waals surface area (Å²) in [6.45, 7) is 0. The number of nitrogens with two attached hydrogens (primary N) is 1. The molecule has 0 aliphatic rings. The molecule has 88 valence electrons. The average molecular weight is 266 g/mol. The second kappa shape index (κ2) is 5.34. The summed E-state index contributed by atoms with van der Waals surface area (Å²) in [5.41, 5.74) is 7.32. The Bertz CT molecular complexity index is 522. The van der Waals surface area contributed by atoms with Gasteiger partial charge in [-0.1, -0.05) is 23.7 Å². The minimum Gasteiger partial charge on any atom is -0.399 e. The Balaban J connectivity index is 2.11. The molecular weight excluding hydrogens is 254 g/mol. The molecule has 1 unspecified atom stereocenters. The molecule has 0 saturated carbocycles. The molecular formula is C13H12ClNOS. The maximum atomic E-state index is 12.0. The number of hydrogen-bond donors (Lipinski definition) is 1. The van der Waals surface area contributed by atoms with E-state index in [0.29, 0.717) is 16.5 Å². The van der Waals surface area contributed by atoms with Gasteiger partial charge < -0.3 is 5.73 Å². The first kappa shape index (κ1) is 12.1. The Morgan fingerprint density at radius 1 is 1.00 bits per heavy atom. The van der Waals surface area contributed by atoms with Crippen LogP contribution >= 0.6 is 11.6 Å². The van der Waals surface area contributed by atoms with Crippen LogP contribution < -0.4 is 5.73 Å². The second-order valence-electron chi connectivity index (χ2n) is 3.69. The van der Waals surface area contributed by atoms with E-state index in [1.165, 1.54) is 0 Å². The van der Waals surface area contributed by atoms with Crippen molar-refractivity contribution >= 4 is 28.1 Å².